The molecule has 0 atom stereocenters. The number of carbonyl (C=O) groups is 1. The van der Waals surface area contributed by atoms with Crippen molar-refractivity contribution in [2.75, 3.05) is 18.8 Å². The fourth-order valence-corrected chi connectivity index (χ4v) is 5.40. The van der Waals surface area contributed by atoms with E-state index in [0.717, 1.165) is 40.7 Å². The van der Waals surface area contributed by atoms with Gasteiger partial charge in [0.25, 0.3) is 0 Å². The normalized spacial score (nSPS) is 15.3. The number of sulfone groups is 1. The monoisotopic (exact) mass is 490 g/mol. The zero-order chi connectivity index (χ0) is 24.3. The molecule has 0 saturated carbocycles. The summed E-state index contributed by atoms with van der Waals surface area (Å²) in [6.45, 7) is 1.50. The van der Waals surface area contributed by atoms with Crippen LogP contribution in [-0.2, 0) is 21.3 Å². The highest BCUT2D eigenvalue weighted by atomic mass is 32.2. The minimum absolute atomic E-state index is 0.179. The third-order valence-corrected chi connectivity index (χ3v) is 7.46. The molecular weight excluding hydrogens is 464 g/mol. The largest absolute Gasteiger partial charge is 0.342 e. The Balaban J connectivity index is 1.19. The van der Waals surface area contributed by atoms with E-state index >= 15 is 0 Å². The van der Waals surface area contributed by atoms with Crippen molar-refractivity contribution in [3.8, 4) is 0 Å². The van der Waals surface area contributed by atoms with Gasteiger partial charge in [-0.15, -0.1) is 5.10 Å². The zero-order valence-corrected chi connectivity index (χ0v) is 20.0. The zero-order valence-electron chi connectivity index (χ0n) is 19.1. The number of carbonyl (C=O) groups excluding carboxylic acids is 1. The number of para-hydroxylation sites is 1. The van der Waals surface area contributed by atoms with E-state index in [1.807, 2.05) is 65.5 Å². The lowest BCUT2D eigenvalue weighted by atomic mass is 9.96. The van der Waals surface area contributed by atoms with Crippen LogP contribution in [0.5, 0.6) is 0 Å². The summed E-state index contributed by atoms with van der Waals surface area (Å²) in [7, 11) is -3.64. The second-order valence-corrected chi connectivity index (χ2v) is 10.5. The Hall–Kier alpha value is -3.79. The van der Waals surface area contributed by atoms with E-state index in [2.05, 4.69) is 19.9 Å². The van der Waals surface area contributed by atoms with Crippen molar-refractivity contribution in [3.63, 3.8) is 0 Å². The molecule has 0 N–H and O–H groups in total. The molecule has 9 nitrogen and oxygen atoms in total. The molecule has 35 heavy (non-hydrogen) atoms. The quantitative estimate of drug-likeness (QED) is 0.395. The van der Waals surface area contributed by atoms with Crippen molar-refractivity contribution in [2.24, 2.45) is 0 Å². The number of likely N-dealkylation sites (tertiary alicyclic amines) is 1. The van der Waals surface area contributed by atoms with Crippen LogP contribution in [0.3, 0.4) is 0 Å². The molecule has 1 aliphatic rings. The lowest BCUT2D eigenvalue weighted by molar-refractivity contribution is -0.129. The van der Waals surface area contributed by atoms with Gasteiger partial charge in [-0.1, -0.05) is 47.7 Å². The molecule has 1 fully saturated rings. The number of piperidine rings is 1. The Morgan fingerprint density at radius 1 is 1.03 bits per heavy atom. The van der Waals surface area contributed by atoms with Crippen LogP contribution in [0.1, 0.15) is 30.1 Å². The maximum atomic E-state index is 12.7. The van der Waals surface area contributed by atoms with Crippen molar-refractivity contribution >= 4 is 32.9 Å². The van der Waals surface area contributed by atoms with Gasteiger partial charge in [-0.05, 0) is 36.6 Å². The molecule has 2 aromatic carbocycles. The second kappa shape index (κ2) is 9.83. The Kier molecular flexibility index (Phi) is 6.45. The molecule has 5 rings (SSSR count). The molecular formula is C25H26N6O3S. The van der Waals surface area contributed by atoms with Gasteiger partial charge < -0.3 is 9.47 Å². The number of hydrogen-bond donors (Lipinski definition) is 0. The van der Waals surface area contributed by atoms with Crippen molar-refractivity contribution in [1.29, 1.82) is 0 Å². The minimum Gasteiger partial charge on any atom is -0.342 e. The molecule has 1 amide bonds. The van der Waals surface area contributed by atoms with Gasteiger partial charge in [0.2, 0.25) is 5.91 Å². The SMILES string of the molecule is O=C(CS(=O)(=O)C=Cc1ccccc1)N1CCC(c2nccn2Cn2nnc3ccccc32)CC1. The Morgan fingerprint density at radius 2 is 1.77 bits per heavy atom. The number of aromatic nitrogens is 5. The maximum absolute atomic E-state index is 12.7. The molecule has 0 bridgehead atoms. The molecule has 0 spiro atoms. The van der Waals surface area contributed by atoms with Gasteiger partial charge in [0.1, 0.15) is 23.8 Å². The molecule has 0 unspecified atom stereocenters. The summed E-state index contributed by atoms with van der Waals surface area (Å²) >= 11 is 0. The van der Waals surface area contributed by atoms with E-state index < -0.39 is 15.6 Å². The van der Waals surface area contributed by atoms with Gasteiger partial charge in [-0.3, -0.25) is 4.79 Å². The first kappa shape index (κ1) is 23.0. The molecule has 1 aliphatic heterocycles. The third kappa shape index (κ3) is 5.32. The Bertz CT molecular complexity index is 1450. The van der Waals surface area contributed by atoms with Gasteiger partial charge >= 0.3 is 0 Å². The summed E-state index contributed by atoms with van der Waals surface area (Å²) in [6.07, 6.45) is 6.67. The van der Waals surface area contributed by atoms with Gasteiger partial charge in [0.05, 0.1) is 5.52 Å². The first-order chi connectivity index (χ1) is 17.0. The summed E-state index contributed by atoms with van der Waals surface area (Å²) in [5.74, 6) is 0.238. The number of nitrogens with zero attached hydrogens (tertiary/aromatic N) is 6. The predicted molar refractivity (Wildman–Crippen MR) is 133 cm³/mol. The second-order valence-electron chi connectivity index (χ2n) is 8.65. The van der Waals surface area contributed by atoms with Gasteiger partial charge in [0, 0.05) is 36.8 Å². The van der Waals surface area contributed by atoms with Crippen LogP contribution in [0.25, 0.3) is 17.1 Å². The summed E-state index contributed by atoms with van der Waals surface area (Å²) in [5, 5.41) is 9.60. The van der Waals surface area contributed by atoms with Gasteiger partial charge in [-0.2, -0.15) is 0 Å². The van der Waals surface area contributed by atoms with Crippen LogP contribution in [0, 0.1) is 0 Å². The van der Waals surface area contributed by atoms with Crippen LogP contribution in [-0.4, -0.2) is 62.6 Å². The van der Waals surface area contributed by atoms with Crippen LogP contribution in [0.4, 0.5) is 0 Å². The number of imidazole rings is 1. The summed E-state index contributed by atoms with van der Waals surface area (Å²) in [6, 6.07) is 17.0. The summed E-state index contributed by atoms with van der Waals surface area (Å²) in [4.78, 5) is 18.9. The average molecular weight is 491 g/mol. The number of benzene rings is 2. The highest BCUT2D eigenvalue weighted by molar-refractivity contribution is 7.95. The number of rotatable bonds is 7. The molecule has 0 radical (unpaired) electrons. The number of amides is 1. The van der Waals surface area contributed by atoms with E-state index in [9.17, 15) is 13.2 Å². The topological polar surface area (TPSA) is 103 Å². The van der Waals surface area contributed by atoms with Gasteiger partial charge in [-0.25, -0.2) is 18.1 Å². The molecule has 10 heteroatoms. The van der Waals surface area contributed by atoms with Crippen molar-refractivity contribution in [3.05, 3.63) is 83.8 Å². The highest BCUT2D eigenvalue weighted by Gasteiger charge is 2.28. The molecule has 2 aromatic heterocycles. The average Bonchev–Trinajstić information content (AvgIpc) is 3.51. The predicted octanol–water partition coefficient (Wildman–Crippen LogP) is 2.93. The lowest BCUT2D eigenvalue weighted by Gasteiger charge is -2.31. The molecule has 180 valence electrons. The fourth-order valence-electron chi connectivity index (χ4n) is 4.41. The van der Waals surface area contributed by atoms with E-state index in [-0.39, 0.29) is 11.8 Å². The minimum atomic E-state index is -3.64. The molecule has 3 heterocycles. The van der Waals surface area contributed by atoms with Crippen molar-refractivity contribution in [2.45, 2.75) is 25.4 Å². The van der Waals surface area contributed by atoms with Gasteiger partial charge in [0.15, 0.2) is 9.84 Å². The van der Waals surface area contributed by atoms with Crippen LogP contribution < -0.4 is 0 Å². The first-order valence-corrected chi connectivity index (χ1v) is 13.2. The maximum Gasteiger partial charge on any atom is 0.238 e. The third-order valence-electron chi connectivity index (χ3n) is 6.26. The highest BCUT2D eigenvalue weighted by Crippen LogP contribution is 2.27. The molecule has 0 aliphatic carbocycles. The number of hydrogen-bond acceptors (Lipinski definition) is 6. The summed E-state index contributed by atoms with van der Waals surface area (Å²) in [5.41, 5.74) is 2.57. The van der Waals surface area contributed by atoms with Crippen LogP contribution in [0.2, 0.25) is 0 Å². The molecule has 4 aromatic rings. The van der Waals surface area contributed by atoms with E-state index in [4.69, 9.17) is 0 Å². The fraction of sp³-hybridized carbons (Fsp3) is 0.280. The van der Waals surface area contributed by atoms with Crippen molar-refractivity contribution in [1.82, 2.24) is 29.4 Å². The van der Waals surface area contributed by atoms with Crippen molar-refractivity contribution < 1.29 is 13.2 Å². The number of fused-ring (bicyclic) bond motifs is 1. The smallest absolute Gasteiger partial charge is 0.238 e. The summed E-state index contributed by atoms with van der Waals surface area (Å²) < 4.78 is 28.8. The molecule has 1 saturated heterocycles. The van der Waals surface area contributed by atoms with E-state index in [0.29, 0.717) is 19.8 Å². The van der Waals surface area contributed by atoms with Crippen LogP contribution >= 0.6 is 0 Å². The Labute approximate surface area is 203 Å². The van der Waals surface area contributed by atoms with E-state index in [1.165, 1.54) is 6.08 Å². The Morgan fingerprint density at radius 3 is 2.57 bits per heavy atom. The van der Waals surface area contributed by atoms with Crippen LogP contribution in [0.15, 0.2) is 72.4 Å². The van der Waals surface area contributed by atoms with E-state index in [1.54, 1.807) is 11.1 Å². The lowest BCUT2D eigenvalue weighted by Crippen LogP contribution is -2.41. The first-order valence-electron chi connectivity index (χ1n) is 11.5. The standard InChI is InChI=1S/C25H26N6O3S/c32-24(18-35(33,34)17-12-20-6-2-1-3-7-20)29-14-10-21(11-15-29)25-26-13-16-30(25)19-31-23-9-5-4-8-22(23)27-28-31/h1-9,12-13,16-17,21H,10-11,14-15,18-19H2.